The topological polar surface area (TPSA) is 64.4 Å². The minimum absolute atomic E-state index is 0.0584. The fourth-order valence-electron chi connectivity index (χ4n) is 3.00. The second-order valence-corrected chi connectivity index (χ2v) is 5.35. The summed E-state index contributed by atoms with van der Waals surface area (Å²) >= 11 is 0. The number of nitro benzene ring substituents is 1. The Morgan fingerprint density at radius 1 is 1.40 bits per heavy atom. The minimum Gasteiger partial charge on any atom is -0.494 e. The molecule has 0 saturated heterocycles. The highest BCUT2D eigenvalue weighted by atomic mass is 16.6. The maximum Gasteiger partial charge on any atom is 0.273 e. The van der Waals surface area contributed by atoms with Crippen LogP contribution in [0.5, 0.6) is 5.75 Å². The van der Waals surface area contributed by atoms with Crippen LogP contribution in [0.25, 0.3) is 0 Å². The Morgan fingerprint density at radius 2 is 2.15 bits per heavy atom. The maximum absolute atomic E-state index is 10.8. The van der Waals surface area contributed by atoms with Crippen molar-refractivity contribution in [1.29, 1.82) is 0 Å². The largest absolute Gasteiger partial charge is 0.494 e. The summed E-state index contributed by atoms with van der Waals surface area (Å²) in [6.45, 7) is 2.22. The van der Waals surface area contributed by atoms with Gasteiger partial charge in [0.05, 0.1) is 23.8 Å². The highest BCUT2D eigenvalue weighted by Crippen LogP contribution is 2.34. The van der Waals surface area contributed by atoms with E-state index in [0.717, 1.165) is 18.5 Å². The van der Waals surface area contributed by atoms with Gasteiger partial charge in [-0.15, -0.1) is 0 Å². The number of nitrogens with one attached hydrogen (secondary N) is 1. The lowest BCUT2D eigenvalue weighted by molar-refractivity contribution is -0.384. The number of hydrogen-bond donors (Lipinski definition) is 1. The van der Waals surface area contributed by atoms with E-state index < -0.39 is 4.92 Å². The minimum atomic E-state index is -0.401. The van der Waals surface area contributed by atoms with E-state index in [0.29, 0.717) is 17.7 Å². The van der Waals surface area contributed by atoms with E-state index in [9.17, 15) is 10.1 Å². The maximum atomic E-state index is 10.8. The molecule has 1 aromatic carbocycles. The van der Waals surface area contributed by atoms with E-state index in [-0.39, 0.29) is 5.69 Å². The van der Waals surface area contributed by atoms with Crippen molar-refractivity contribution in [3.63, 3.8) is 0 Å². The number of benzene rings is 1. The molecule has 110 valence electrons. The van der Waals surface area contributed by atoms with E-state index in [1.54, 1.807) is 13.2 Å². The van der Waals surface area contributed by atoms with Crippen molar-refractivity contribution in [2.75, 3.05) is 12.4 Å². The van der Waals surface area contributed by atoms with Crippen LogP contribution < -0.4 is 10.1 Å². The van der Waals surface area contributed by atoms with Gasteiger partial charge in [-0.2, -0.15) is 0 Å². The van der Waals surface area contributed by atoms with Crippen LogP contribution in [0.15, 0.2) is 18.2 Å². The standard InChI is InChI=1S/C15H22N2O3/c1-3-11-6-4-5-7-13(11)16-14-9-8-12(17(18)19)10-15(14)20-2/h8-11,13,16H,3-7H2,1-2H3. The van der Waals surface area contributed by atoms with Gasteiger partial charge in [0.25, 0.3) is 5.69 Å². The van der Waals surface area contributed by atoms with Crippen molar-refractivity contribution in [2.45, 2.75) is 45.1 Å². The Balaban J connectivity index is 2.17. The molecule has 2 unspecified atom stereocenters. The average Bonchev–Trinajstić information content (AvgIpc) is 2.48. The summed E-state index contributed by atoms with van der Waals surface area (Å²) in [5.74, 6) is 1.21. The number of ether oxygens (including phenoxy) is 1. The monoisotopic (exact) mass is 278 g/mol. The normalized spacial score (nSPS) is 22.3. The van der Waals surface area contributed by atoms with Crippen LogP contribution >= 0.6 is 0 Å². The highest BCUT2D eigenvalue weighted by molar-refractivity contribution is 5.61. The molecule has 0 aromatic heterocycles. The molecule has 2 atom stereocenters. The molecule has 5 nitrogen and oxygen atoms in total. The predicted molar refractivity (Wildman–Crippen MR) is 79.3 cm³/mol. The van der Waals surface area contributed by atoms with Gasteiger partial charge in [-0.05, 0) is 24.8 Å². The quantitative estimate of drug-likeness (QED) is 0.653. The number of hydrogen-bond acceptors (Lipinski definition) is 4. The van der Waals surface area contributed by atoms with E-state index in [1.807, 2.05) is 0 Å². The van der Waals surface area contributed by atoms with Gasteiger partial charge in [-0.3, -0.25) is 10.1 Å². The number of nitro groups is 1. The molecule has 1 fully saturated rings. The van der Waals surface area contributed by atoms with E-state index in [4.69, 9.17) is 4.74 Å². The lowest BCUT2D eigenvalue weighted by Crippen LogP contribution is -2.31. The average molecular weight is 278 g/mol. The van der Waals surface area contributed by atoms with Crippen LogP contribution in [-0.2, 0) is 0 Å². The second kappa shape index (κ2) is 6.59. The Bertz CT molecular complexity index is 476. The lowest BCUT2D eigenvalue weighted by Gasteiger charge is -2.32. The predicted octanol–water partition coefficient (Wildman–Crippen LogP) is 3.98. The molecule has 0 radical (unpaired) electrons. The van der Waals surface area contributed by atoms with Gasteiger partial charge in [0.1, 0.15) is 5.75 Å². The molecule has 1 aromatic rings. The zero-order valence-corrected chi connectivity index (χ0v) is 12.1. The molecule has 2 rings (SSSR count). The molecule has 1 N–H and O–H groups in total. The van der Waals surface area contributed by atoms with Crippen LogP contribution in [0.2, 0.25) is 0 Å². The molecule has 0 spiro atoms. The van der Waals surface area contributed by atoms with Gasteiger partial charge in [0, 0.05) is 12.1 Å². The Kier molecular flexibility index (Phi) is 4.82. The van der Waals surface area contributed by atoms with Gasteiger partial charge < -0.3 is 10.1 Å². The van der Waals surface area contributed by atoms with Gasteiger partial charge in [-0.1, -0.05) is 26.2 Å². The number of non-ortho nitro benzene ring substituents is 1. The first-order chi connectivity index (χ1) is 9.65. The summed E-state index contributed by atoms with van der Waals surface area (Å²) in [6.07, 6.45) is 6.10. The summed E-state index contributed by atoms with van der Waals surface area (Å²) in [5.41, 5.74) is 0.909. The van der Waals surface area contributed by atoms with Crippen LogP contribution in [0.1, 0.15) is 39.0 Å². The first kappa shape index (κ1) is 14.6. The van der Waals surface area contributed by atoms with Crippen LogP contribution in [0.3, 0.4) is 0 Å². The molecule has 0 amide bonds. The van der Waals surface area contributed by atoms with E-state index >= 15 is 0 Å². The second-order valence-electron chi connectivity index (χ2n) is 5.35. The van der Waals surface area contributed by atoms with Crippen molar-refractivity contribution in [1.82, 2.24) is 0 Å². The number of anilines is 1. The Labute approximate surface area is 119 Å². The molecule has 1 aliphatic carbocycles. The first-order valence-corrected chi connectivity index (χ1v) is 7.24. The molecule has 1 aliphatic rings. The Hall–Kier alpha value is -1.78. The van der Waals surface area contributed by atoms with E-state index in [1.165, 1.54) is 31.4 Å². The molecule has 1 saturated carbocycles. The molecular formula is C15H22N2O3. The molecule has 0 bridgehead atoms. The lowest BCUT2D eigenvalue weighted by atomic mass is 9.83. The molecule has 5 heteroatoms. The van der Waals surface area contributed by atoms with Crippen molar-refractivity contribution in [3.8, 4) is 5.75 Å². The SMILES string of the molecule is CCC1CCCCC1Nc1ccc([N+](=O)[O-])cc1OC. The number of nitrogens with zero attached hydrogens (tertiary/aromatic N) is 1. The van der Waals surface area contributed by atoms with E-state index in [2.05, 4.69) is 12.2 Å². The van der Waals surface area contributed by atoms with Crippen molar-refractivity contribution in [2.24, 2.45) is 5.92 Å². The fourth-order valence-corrected chi connectivity index (χ4v) is 3.00. The van der Waals surface area contributed by atoms with Crippen LogP contribution in [0, 0.1) is 16.0 Å². The van der Waals surface area contributed by atoms with Gasteiger partial charge >= 0.3 is 0 Å². The van der Waals surface area contributed by atoms with Crippen molar-refractivity contribution in [3.05, 3.63) is 28.3 Å². The molecule has 20 heavy (non-hydrogen) atoms. The molecule has 0 heterocycles. The third-order valence-electron chi connectivity index (χ3n) is 4.17. The Morgan fingerprint density at radius 3 is 2.80 bits per heavy atom. The first-order valence-electron chi connectivity index (χ1n) is 7.24. The zero-order chi connectivity index (χ0) is 14.5. The fraction of sp³-hybridized carbons (Fsp3) is 0.600. The summed E-state index contributed by atoms with van der Waals surface area (Å²) in [6, 6.07) is 5.18. The summed E-state index contributed by atoms with van der Waals surface area (Å²) in [7, 11) is 1.54. The van der Waals surface area contributed by atoms with Gasteiger partial charge in [0.2, 0.25) is 0 Å². The molecule has 0 aliphatic heterocycles. The van der Waals surface area contributed by atoms with Crippen molar-refractivity contribution >= 4 is 11.4 Å². The van der Waals surface area contributed by atoms with Crippen LogP contribution in [-0.4, -0.2) is 18.1 Å². The van der Waals surface area contributed by atoms with Gasteiger partial charge in [0.15, 0.2) is 0 Å². The summed E-state index contributed by atoms with van der Waals surface area (Å²) < 4.78 is 5.28. The highest BCUT2D eigenvalue weighted by Gasteiger charge is 2.24. The molecular weight excluding hydrogens is 256 g/mol. The zero-order valence-electron chi connectivity index (χ0n) is 12.1. The third kappa shape index (κ3) is 3.21. The smallest absolute Gasteiger partial charge is 0.273 e. The summed E-state index contributed by atoms with van der Waals surface area (Å²) in [4.78, 5) is 10.4. The van der Waals surface area contributed by atoms with Crippen LogP contribution in [0.4, 0.5) is 11.4 Å². The van der Waals surface area contributed by atoms with Crippen molar-refractivity contribution < 1.29 is 9.66 Å². The summed E-state index contributed by atoms with van der Waals surface area (Å²) in [5, 5.41) is 14.3. The third-order valence-corrected chi connectivity index (χ3v) is 4.17. The number of rotatable bonds is 5. The van der Waals surface area contributed by atoms with Gasteiger partial charge in [-0.25, -0.2) is 0 Å². The number of methoxy groups -OCH3 is 1.